The predicted octanol–water partition coefficient (Wildman–Crippen LogP) is 1.23. The molecule has 20 heavy (non-hydrogen) atoms. The van der Waals surface area contributed by atoms with Gasteiger partial charge in [-0.15, -0.1) is 0 Å². The number of halogens is 1. The van der Waals surface area contributed by atoms with E-state index in [1.807, 2.05) is 22.6 Å². The molecule has 4 N–H and O–H groups in total. The maximum Gasteiger partial charge on any atom is 0.251 e. The van der Waals surface area contributed by atoms with E-state index in [4.69, 9.17) is 10.5 Å². The molecule has 1 amide bonds. The van der Waals surface area contributed by atoms with E-state index in [9.17, 15) is 9.90 Å². The van der Waals surface area contributed by atoms with E-state index < -0.39 is 0 Å². The molecule has 108 valence electrons. The predicted molar refractivity (Wildman–Crippen MR) is 82.5 cm³/mol. The van der Waals surface area contributed by atoms with Crippen LogP contribution in [-0.4, -0.2) is 35.8 Å². The molecule has 1 aliphatic heterocycles. The van der Waals surface area contributed by atoms with Crippen LogP contribution in [0.2, 0.25) is 0 Å². The Bertz CT molecular complexity index is 537. The van der Waals surface area contributed by atoms with Gasteiger partial charge in [-0.3, -0.25) is 4.79 Å². The highest BCUT2D eigenvalue weighted by Gasteiger charge is 2.51. The first-order valence-corrected chi connectivity index (χ1v) is 7.82. The number of carbonyl (C=O) groups is 1. The molecule has 1 heterocycles. The lowest BCUT2D eigenvalue weighted by atomic mass is 9.68. The van der Waals surface area contributed by atoms with Crippen molar-refractivity contribution >= 4 is 28.5 Å². The van der Waals surface area contributed by atoms with Gasteiger partial charge in [0, 0.05) is 24.1 Å². The summed E-state index contributed by atoms with van der Waals surface area (Å²) in [5.41, 5.74) is 6.55. The number of amides is 1. The molecule has 4 atom stereocenters. The van der Waals surface area contributed by atoms with Crippen molar-refractivity contribution in [3.05, 3.63) is 27.3 Å². The van der Waals surface area contributed by atoms with E-state index in [-0.39, 0.29) is 29.8 Å². The number of benzene rings is 1. The summed E-state index contributed by atoms with van der Waals surface area (Å²) in [4.78, 5) is 12.2. The van der Waals surface area contributed by atoms with Gasteiger partial charge in [0.25, 0.3) is 5.91 Å². The van der Waals surface area contributed by atoms with E-state index in [1.54, 1.807) is 12.1 Å². The largest absolute Gasteiger partial charge is 0.507 e. The normalized spacial score (nSPS) is 32.1. The van der Waals surface area contributed by atoms with Crippen LogP contribution < -0.4 is 11.1 Å². The van der Waals surface area contributed by atoms with Crippen molar-refractivity contribution in [3.8, 4) is 5.75 Å². The van der Waals surface area contributed by atoms with Gasteiger partial charge in [-0.25, -0.2) is 0 Å². The average molecular weight is 388 g/mol. The van der Waals surface area contributed by atoms with Gasteiger partial charge in [0.05, 0.1) is 15.7 Å². The minimum Gasteiger partial charge on any atom is -0.507 e. The zero-order chi connectivity index (χ0) is 14.3. The highest BCUT2D eigenvalue weighted by Crippen LogP contribution is 2.37. The Labute approximate surface area is 131 Å². The zero-order valence-electron chi connectivity index (χ0n) is 10.9. The number of fused-ring (bicyclic) bond motifs is 1. The lowest BCUT2D eigenvalue weighted by Crippen LogP contribution is -2.72. The topological polar surface area (TPSA) is 84.6 Å². The van der Waals surface area contributed by atoms with Gasteiger partial charge in [-0.1, -0.05) is 0 Å². The van der Waals surface area contributed by atoms with E-state index in [0.29, 0.717) is 11.5 Å². The summed E-state index contributed by atoms with van der Waals surface area (Å²) in [5, 5.41) is 12.6. The highest BCUT2D eigenvalue weighted by atomic mass is 127. The van der Waals surface area contributed by atoms with Crippen LogP contribution in [0, 0.1) is 9.49 Å². The van der Waals surface area contributed by atoms with Crippen molar-refractivity contribution in [2.24, 2.45) is 11.7 Å². The van der Waals surface area contributed by atoms with Crippen LogP contribution >= 0.6 is 22.6 Å². The Morgan fingerprint density at radius 1 is 1.50 bits per heavy atom. The number of hydrogen-bond donors (Lipinski definition) is 3. The molecule has 1 saturated carbocycles. The lowest BCUT2D eigenvalue weighted by Gasteiger charge is -2.52. The van der Waals surface area contributed by atoms with Gasteiger partial charge in [-0.2, -0.15) is 0 Å². The van der Waals surface area contributed by atoms with Crippen molar-refractivity contribution in [1.29, 1.82) is 0 Å². The van der Waals surface area contributed by atoms with Crippen molar-refractivity contribution in [2.75, 3.05) is 6.61 Å². The summed E-state index contributed by atoms with van der Waals surface area (Å²) >= 11 is 2.01. The average Bonchev–Trinajstić information content (AvgIpc) is 2.47. The Kier molecular flexibility index (Phi) is 3.87. The maximum absolute atomic E-state index is 12.2. The van der Waals surface area contributed by atoms with Gasteiger partial charge in [0.15, 0.2) is 0 Å². The van der Waals surface area contributed by atoms with Crippen LogP contribution in [0.3, 0.4) is 0 Å². The highest BCUT2D eigenvalue weighted by molar-refractivity contribution is 14.1. The molecular weight excluding hydrogens is 371 g/mol. The van der Waals surface area contributed by atoms with Crippen LogP contribution in [0.5, 0.6) is 5.75 Å². The third-order valence-corrected chi connectivity index (χ3v) is 5.10. The molecule has 1 aromatic carbocycles. The number of hydrogen-bond acceptors (Lipinski definition) is 4. The number of carbonyl (C=O) groups excluding carboxylic acids is 1. The third kappa shape index (κ3) is 2.40. The lowest BCUT2D eigenvalue weighted by molar-refractivity contribution is -0.117. The minimum atomic E-state index is -0.218. The van der Waals surface area contributed by atoms with E-state index in [0.717, 1.165) is 23.0 Å². The monoisotopic (exact) mass is 388 g/mol. The Morgan fingerprint density at radius 2 is 2.30 bits per heavy atom. The van der Waals surface area contributed by atoms with Gasteiger partial charge in [0.1, 0.15) is 5.75 Å². The summed E-state index contributed by atoms with van der Waals surface area (Å²) in [6.45, 7) is 0.741. The van der Waals surface area contributed by atoms with Crippen molar-refractivity contribution < 1.29 is 14.6 Å². The first-order valence-electron chi connectivity index (χ1n) is 6.74. The number of aromatic hydroxyl groups is 1. The van der Waals surface area contributed by atoms with Crippen LogP contribution in [0.25, 0.3) is 0 Å². The van der Waals surface area contributed by atoms with E-state index in [2.05, 4.69) is 5.32 Å². The Balaban J connectivity index is 1.68. The number of rotatable bonds is 2. The van der Waals surface area contributed by atoms with E-state index >= 15 is 0 Å². The standard InChI is InChI=1S/C14H17IN2O3/c15-9-4-3-7(6-10(9)18)14(19)17-12-11(16)8-2-1-5-20-13(8)12/h3-4,6,8,11-13,18H,1-2,5,16H2,(H,17,19). The van der Waals surface area contributed by atoms with Gasteiger partial charge in [0.2, 0.25) is 0 Å². The van der Waals surface area contributed by atoms with Crippen LogP contribution in [0.15, 0.2) is 18.2 Å². The molecule has 0 bridgehead atoms. The molecule has 6 heteroatoms. The smallest absolute Gasteiger partial charge is 0.251 e. The van der Waals surface area contributed by atoms with Crippen LogP contribution in [0.1, 0.15) is 23.2 Å². The Morgan fingerprint density at radius 3 is 3.05 bits per heavy atom. The summed E-state index contributed by atoms with van der Waals surface area (Å²) in [6.07, 6.45) is 2.16. The molecule has 0 spiro atoms. The summed E-state index contributed by atoms with van der Waals surface area (Å²) in [7, 11) is 0. The first-order chi connectivity index (χ1) is 9.58. The molecule has 0 radical (unpaired) electrons. The second-order valence-electron chi connectivity index (χ2n) is 5.38. The zero-order valence-corrected chi connectivity index (χ0v) is 13.0. The summed E-state index contributed by atoms with van der Waals surface area (Å²) < 4.78 is 6.41. The minimum absolute atomic E-state index is 0.0401. The SMILES string of the molecule is NC1C2CCCOC2C1NC(=O)c1ccc(I)c(O)c1. The molecule has 1 saturated heterocycles. The van der Waals surface area contributed by atoms with Crippen molar-refractivity contribution in [1.82, 2.24) is 5.32 Å². The number of phenolic OH excluding ortho intramolecular Hbond substituents is 1. The van der Waals surface area contributed by atoms with E-state index in [1.165, 1.54) is 6.07 Å². The second-order valence-corrected chi connectivity index (χ2v) is 6.55. The van der Waals surface area contributed by atoms with Crippen molar-refractivity contribution in [2.45, 2.75) is 31.0 Å². The molecule has 1 aromatic rings. The number of ether oxygens (including phenoxy) is 1. The molecule has 1 aliphatic carbocycles. The molecule has 2 fully saturated rings. The molecule has 2 aliphatic rings. The fourth-order valence-corrected chi connectivity index (χ4v) is 3.35. The fourth-order valence-electron chi connectivity index (χ4n) is 3.01. The molecular formula is C14H17IN2O3. The molecule has 0 aromatic heterocycles. The van der Waals surface area contributed by atoms with Gasteiger partial charge < -0.3 is 20.9 Å². The number of nitrogens with two attached hydrogens (primary N) is 1. The van der Waals surface area contributed by atoms with Crippen LogP contribution in [-0.2, 0) is 4.74 Å². The summed E-state index contributed by atoms with van der Waals surface area (Å²) in [5.74, 6) is 0.256. The molecule has 3 rings (SSSR count). The Hall–Kier alpha value is -0.860. The van der Waals surface area contributed by atoms with Gasteiger partial charge in [-0.05, 0) is 53.6 Å². The van der Waals surface area contributed by atoms with Gasteiger partial charge >= 0.3 is 0 Å². The number of phenols is 1. The quantitative estimate of drug-likeness (QED) is 0.666. The molecule has 4 unspecified atom stereocenters. The number of nitrogens with one attached hydrogen (secondary N) is 1. The summed E-state index contributed by atoms with van der Waals surface area (Å²) in [6, 6.07) is 4.71. The molecule has 5 nitrogen and oxygen atoms in total. The third-order valence-electron chi connectivity index (χ3n) is 4.18. The van der Waals surface area contributed by atoms with Crippen LogP contribution in [0.4, 0.5) is 0 Å². The van der Waals surface area contributed by atoms with Crippen molar-refractivity contribution in [3.63, 3.8) is 0 Å². The fraction of sp³-hybridized carbons (Fsp3) is 0.500. The first kappa shape index (κ1) is 14.1. The second kappa shape index (κ2) is 5.50. The maximum atomic E-state index is 12.2.